The number of thiazole rings is 1. The van der Waals surface area contributed by atoms with Crippen molar-refractivity contribution in [2.24, 2.45) is 0 Å². The normalized spacial score (nSPS) is 22.5. The van der Waals surface area contributed by atoms with Crippen LogP contribution in [0.4, 0.5) is 5.13 Å². The predicted molar refractivity (Wildman–Crippen MR) is 90.6 cm³/mol. The quantitative estimate of drug-likeness (QED) is 0.866. The number of benzene rings is 1. The number of rotatable bonds is 3. The number of nitrogens with zero attached hydrogens (tertiary/aromatic N) is 3. The maximum absolute atomic E-state index is 4.42. The van der Waals surface area contributed by atoms with E-state index < -0.39 is 0 Å². The molecule has 4 rings (SSSR count). The van der Waals surface area contributed by atoms with Gasteiger partial charge in [0.15, 0.2) is 5.13 Å². The average Bonchev–Trinajstić information content (AvgIpc) is 3.17. The summed E-state index contributed by atoms with van der Waals surface area (Å²) in [6.45, 7) is 5.75. The van der Waals surface area contributed by atoms with E-state index in [9.17, 15) is 0 Å². The number of hydrogen-bond donors (Lipinski definition) is 0. The predicted octanol–water partition coefficient (Wildman–Crippen LogP) is 2.98. The number of aromatic nitrogens is 1. The summed E-state index contributed by atoms with van der Waals surface area (Å²) >= 11 is 3.81. The van der Waals surface area contributed by atoms with Gasteiger partial charge in [0.1, 0.15) is 0 Å². The third-order valence-corrected chi connectivity index (χ3v) is 6.37. The van der Waals surface area contributed by atoms with Crippen LogP contribution in [0.5, 0.6) is 0 Å². The van der Waals surface area contributed by atoms with Crippen molar-refractivity contribution in [3.63, 3.8) is 0 Å². The van der Waals surface area contributed by atoms with Gasteiger partial charge in [-0.15, -0.1) is 23.1 Å². The van der Waals surface area contributed by atoms with Gasteiger partial charge in [0.2, 0.25) is 0 Å². The van der Waals surface area contributed by atoms with Crippen molar-refractivity contribution in [3.8, 4) is 0 Å². The van der Waals surface area contributed by atoms with Crippen LogP contribution in [0, 0.1) is 0 Å². The molecule has 2 aliphatic rings. The molecule has 1 unspecified atom stereocenters. The Hall–Kier alpha value is -1.04. The molecule has 2 aliphatic heterocycles. The summed E-state index contributed by atoms with van der Waals surface area (Å²) < 4.78 is 0. The molecule has 0 amide bonds. The molecule has 110 valence electrons. The Morgan fingerprint density at radius 3 is 2.76 bits per heavy atom. The van der Waals surface area contributed by atoms with Crippen LogP contribution in [0.2, 0.25) is 0 Å². The van der Waals surface area contributed by atoms with Crippen molar-refractivity contribution in [2.75, 3.05) is 37.6 Å². The fraction of sp³-hybridized carbons (Fsp3) is 0.438. The molecule has 1 saturated heterocycles. The molecule has 1 atom stereocenters. The van der Waals surface area contributed by atoms with Crippen molar-refractivity contribution in [1.82, 2.24) is 9.88 Å². The lowest BCUT2D eigenvalue weighted by atomic mass is 10.1. The zero-order valence-corrected chi connectivity index (χ0v) is 13.6. The van der Waals surface area contributed by atoms with Crippen LogP contribution in [0.3, 0.4) is 0 Å². The lowest BCUT2D eigenvalue weighted by molar-refractivity contribution is 0.259. The van der Waals surface area contributed by atoms with Gasteiger partial charge in [-0.05, 0) is 18.1 Å². The van der Waals surface area contributed by atoms with Crippen LogP contribution in [0.15, 0.2) is 40.7 Å². The third kappa shape index (κ3) is 2.96. The second kappa shape index (κ2) is 5.99. The molecule has 1 aromatic heterocycles. The van der Waals surface area contributed by atoms with Crippen LogP contribution in [0.25, 0.3) is 0 Å². The molecule has 21 heavy (non-hydrogen) atoms. The van der Waals surface area contributed by atoms with E-state index in [4.69, 9.17) is 0 Å². The van der Waals surface area contributed by atoms with Gasteiger partial charge in [-0.25, -0.2) is 4.98 Å². The lowest BCUT2D eigenvalue weighted by Gasteiger charge is -2.35. The van der Waals surface area contributed by atoms with Gasteiger partial charge in [-0.1, -0.05) is 18.2 Å². The summed E-state index contributed by atoms with van der Waals surface area (Å²) in [6, 6.07) is 8.86. The first kappa shape index (κ1) is 13.6. The summed E-state index contributed by atoms with van der Waals surface area (Å²) in [6.07, 6.45) is 3.13. The van der Waals surface area contributed by atoms with Gasteiger partial charge in [0, 0.05) is 54.4 Å². The van der Waals surface area contributed by atoms with Gasteiger partial charge in [-0.3, -0.25) is 4.90 Å². The molecule has 1 fully saturated rings. The molecule has 0 spiro atoms. The largest absolute Gasteiger partial charge is 0.346 e. The van der Waals surface area contributed by atoms with Crippen LogP contribution < -0.4 is 4.90 Å². The van der Waals surface area contributed by atoms with Crippen molar-refractivity contribution in [2.45, 2.75) is 16.6 Å². The van der Waals surface area contributed by atoms with E-state index in [0.717, 1.165) is 31.4 Å². The first-order valence-electron chi connectivity index (χ1n) is 7.50. The van der Waals surface area contributed by atoms with E-state index in [0.29, 0.717) is 0 Å². The van der Waals surface area contributed by atoms with Gasteiger partial charge < -0.3 is 4.90 Å². The second-order valence-corrected chi connectivity index (χ2v) is 7.87. The number of anilines is 1. The summed E-state index contributed by atoms with van der Waals surface area (Å²) in [5, 5.41) is 3.97. The van der Waals surface area contributed by atoms with E-state index in [-0.39, 0.29) is 0 Å². The highest BCUT2D eigenvalue weighted by atomic mass is 32.2. The van der Waals surface area contributed by atoms with Crippen molar-refractivity contribution in [1.29, 1.82) is 0 Å². The Morgan fingerprint density at radius 2 is 2.00 bits per heavy atom. The van der Waals surface area contributed by atoms with E-state index in [2.05, 4.69) is 56.2 Å². The number of hydrogen-bond acceptors (Lipinski definition) is 5. The molecule has 0 bridgehead atoms. The Labute approximate surface area is 134 Å². The highest BCUT2D eigenvalue weighted by molar-refractivity contribution is 8.00. The Bertz CT molecular complexity index is 566. The topological polar surface area (TPSA) is 19.4 Å². The van der Waals surface area contributed by atoms with Crippen LogP contribution in [0.1, 0.15) is 5.56 Å². The molecule has 2 aromatic rings. The minimum atomic E-state index is 0.730. The zero-order chi connectivity index (χ0) is 14.1. The second-order valence-electron chi connectivity index (χ2n) is 5.65. The van der Waals surface area contributed by atoms with Crippen LogP contribution in [-0.4, -0.2) is 47.9 Å². The van der Waals surface area contributed by atoms with E-state index in [1.165, 1.54) is 28.6 Å². The van der Waals surface area contributed by atoms with Crippen molar-refractivity contribution in [3.05, 3.63) is 41.4 Å². The van der Waals surface area contributed by atoms with Crippen LogP contribution in [-0.2, 0) is 6.42 Å². The first-order valence-corrected chi connectivity index (χ1v) is 9.26. The molecule has 3 nitrogen and oxygen atoms in total. The average molecular weight is 317 g/mol. The maximum atomic E-state index is 4.42. The fourth-order valence-electron chi connectivity index (χ4n) is 3.14. The fourth-order valence-corrected chi connectivity index (χ4v) is 5.20. The lowest BCUT2D eigenvalue weighted by Crippen LogP contribution is -2.48. The van der Waals surface area contributed by atoms with Gasteiger partial charge in [-0.2, -0.15) is 0 Å². The molecule has 0 N–H and O–H groups in total. The summed E-state index contributed by atoms with van der Waals surface area (Å²) in [5.74, 6) is 0. The molecule has 0 radical (unpaired) electrons. The first-order chi connectivity index (χ1) is 10.4. The van der Waals surface area contributed by atoms with Gasteiger partial charge in [0.25, 0.3) is 0 Å². The maximum Gasteiger partial charge on any atom is 0.185 e. The van der Waals surface area contributed by atoms with Crippen LogP contribution >= 0.6 is 23.1 Å². The molecular weight excluding hydrogens is 298 g/mol. The minimum absolute atomic E-state index is 0.730. The molecule has 3 heterocycles. The van der Waals surface area contributed by atoms with E-state index in [1.54, 1.807) is 11.3 Å². The van der Waals surface area contributed by atoms with Crippen molar-refractivity contribution >= 4 is 28.2 Å². The highest BCUT2D eigenvalue weighted by Crippen LogP contribution is 2.37. The molecule has 0 saturated carbocycles. The standard InChI is InChI=1S/C16H19N3S2/c1-2-4-15-13(3-1)11-14(21-15)12-18-6-8-19(9-7-18)16-17-5-10-20-16/h1-5,10,14H,6-9,11-12H2. The summed E-state index contributed by atoms with van der Waals surface area (Å²) in [7, 11) is 0. The number of thioether (sulfide) groups is 1. The zero-order valence-electron chi connectivity index (χ0n) is 11.9. The number of piperazine rings is 1. The number of fused-ring (bicyclic) bond motifs is 1. The summed E-state index contributed by atoms with van der Waals surface area (Å²) in [4.78, 5) is 10.9. The highest BCUT2D eigenvalue weighted by Gasteiger charge is 2.26. The third-order valence-electron chi connectivity index (χ3n) is 4.24. The van der Waals surface area contributed by atoms with E-state index in [1.807, 2.05) is 6.20 Å². The minimum Gasteiger partial charge on any atom is -0.346 e. The Morgan fingerprint density at radius 1 is 1.14 bits per heavy atom. The molecule has 5 heteroatoms. The smallest absolute Gasteiger partial charge is 0.185 e. The van der Waals surface area contributed by atoms with Gasteiger partial charge >= 0.3 is 0 Å². The Kier molecular flexibility index (Phi) is 3.88. The summed E-state index contributed by atoms with van der Waals surface area (Å²) in [5.41, 5.74) is 1.54. The monoisotopic (exact) mass is 317 g/mol. The SMILES string of the molecule is c1ccc2c(c1)CC(CN1CCN(c3nccs3)CC1)S2. The molecular formula is C16H19N3S2. The Balaban J connectivity index is 1.30. The van der Waals surface area contributed by atoms with E-state index >= 15 is 0 Å². The molecule has 1 aromatic carbocycles. The molecule has 0 aliphatic carbocycles. The van der Waals surface area contributed by atoms with Gasteiger partial charge in [0.05, 0.1) is 0 Å². The van der Waals surface area contributed by atoms with Crippen molar-refractivity contribution < 1.29 is 0 Å².